The van der Waals surface area contributed by atoms with Crippen molar-refractivity contribution in [1.82, 2.24) is 9.88 Å². The zero-order valence-electron chi connectivity index (χ0n) is 9.93. The van der Waals surface area contributed by atoms with Gasteiger partial charge in [-0.1, -0.05) is 12.2 Å². The van der Waals surface area contributed by atoms with Crippen LogP contribution in [0.25, 0.3) is 0 Å². The highest BCUT2D eigenvalue weighted by Gasteiger charge is 2.17. The van der Waals surface area contributed by atoms with Crippen LogP contribution in [0.15, 0.2) is 18.3 Å². The maximum absolute atomic E-state index is 5.87. The number of aromatic nitrogens is 1. The summed E-state index contributed by atoms with van der Waals surface area (Å²) in [7, 11) is 2.13. The van der Waals surface area contributed by atoms with Gasteiger partial charge >= 0.3 is 0 Å². The van der Waals surface area contributed by atoms with Crippen molar-refractivity contribution in [2.75, 3.05) is 20.1 Å². The monoisotopic (exact) mass is 251 g/mol. The van der Waals surface area contributed by atoms with Crippen molar-refractivity contribution in [2.24, 2.45) is 5.73 Å². The summed E-state index contributed by atoms with van der Waals surface area (Å²) in [6, 6.07) is 3.67. The first kappa shape index (κ1) is 12.3. The first-order valence-electron chi connectivity index (χ1n) is 5.76. The van der Waals surface area contributed by atoms with E-state index in [0.29, 0.717) is 16.8 Å². The molecule has 4 nitrogen and oxygen atoms in total. The van der Waals surface area contributed by atoms with Crippen LogP contribution < -0.4 is 10.5 Å². The van der Waals surface area contributed by atoms with Crippen molar-refractivity contribution < 1.29 is 4.74 Å². The first-order valence-corrected chi connectivity index (χ1v) is 6.17. The Hall–Kier alpha value is -1.20. The van der Waals surface area contributed by atoms with Crippen molar-refractivity contribution in [3.8, 4) is 5.75 Å². The Morgan fingerprint density at radius 2 is 2.18 bits per heavy atom. The summed E-state index contributed by atoms with van der Waals surface area (Å²) in [5.74, 6) is 0.791. The highest BCUT2D eigenvalue weighted by molar-refractivity contribution is 7.80. The molecule has 0 atom stereocenters. The Morgan fingerprint density at radius 3 is 2.71 bits per heavy atom. The fourth-order valence-corrected chi connectivity index (χ4v) is 2.01. The number of rotatable bonds is 3. The molecule has 1 saturated heterocycles. The fourth-order valence-electron chi connectivity index (χ4n) is 1.89. The van der Waals surface area contributed by atoms with E-state index in [2.05, 4.69) is 16.9 Å². The summed E-state index contributed by atoms with van der Waals surface area (Å²) in [6.07, 6.45) is 4.11. The predicted molar refractivity (Wildman–Crippen MR) is 71.3 cm³/mol. The molecule has 2 N–H and O–H groups in total. The minimum Gasteiger partial charge on any atom is -0.489 e. The second kappa shape index (κ2) is 5.42. The lowest BCUT2D eigenvalue weighted by Gasteiger charge is -2.29. The van der Waals surface area contributed by atoms with Crippen LogP contribution in [-0.2, 0) is 0 Å². The second-order valence-corrected chi connectivity index (χ2v) is 4.80. The Bertz CT molecular complexity index is 385. The molecular formula is C12H17N3OS. The normalized spacial score (nSPS) is 17.9. The Morgan fingerprint density at radius 1 is 1.47 bits per heavy atom. The van der Waals surface area contributed by atoms with Gasteiger partial charge in [-0.3, -0.25) is 0 Å². The lowest BCUT2D eigenvalue weighted by molar-refractivity contribution is 0.114. The molecule has 92 valence electrons. The maximum Gasteiger partial charge on any atom is 0.138 e. The van der Waals surface area contributed by atoms with Crippen molar-refractivity contribution in [1.29, 1.82) is 0 Å². The van der Waals surface area contributed by atoms with E-state index in [9.17, 15) is 0 Å². The van der Waals surface area contributed by atoms with Crippen molar-refractivity contribution >= 4 is 17.2 Å². The predicted octanol–water partition coefficient (Wildman–Crippen LogP) is 1.19. The molecule has 0 spiro atoms. The molecule has 1 aliphatic heterocycles. The van der Waals surface area contributed by atoms with Gasteiger partial charge in [0, 0.05) is 13.1 Å². The molecule has 5 heteroatoms. The number of hydrogen-bond acceptors (Lipinski definition) is 4. The van der Waals surface area contributed by atoms with Crippen LogP contribution >= 0.6 is 12.2 Å². The minimum atomic E-state index is 0.295. The molecule has 17 heavy (non-hydrogen) atoms. The molecule has 0 radical (unpaired) electrons. The number of nitrogens with two attached hydrogens (primary N) is 1. The van der Waals surface area contributed by atoms with E-state index in [4.69, 9.17) is 22.7 Å². The van der Waals surface area contributed by atoms with E-state index in [-0.39, 0.29) is 0 Å². The van der Waals surface area contributed by atoms with Gasteiger partial charge in [-0.05, 0) is 32.0 Å². The summed E-state index contributed by atoms with van der Waals surface area (Å²) < 4.78 is 5.87. The average molecular weight is 251 g/mol. The largest absolute Gasteiger partial charge is 0.489 e. The summed E-state index contributed by atoms with van der Waals surface area (Å²) in [5.41, 5.74) is 6.12. The lowest BCUT2D eigenvalue weighted by atomic mass is 10.1. The third kappa shape index (κ3) is 3.38. The Kier molecular flexibility index (Phi) is 3.91. The van der Waals surface area contributed by atoms with Gasteiger partial charge < -0.3 is 15.4 Å². The lowest BCUT2D eigenvalue weighted by Crippen LogP contribution is -2.35. The third-order valence-electron chi connectivity index (χ3n) is 2.96. The number of piperidine rings is 1. The summed E-state index contributed by atoms with van der Waals surface area (Å²) in [4.78, 5) is 6.79. The SMILES string of the molecule is CN1CCC(Oc2ccc(C(N)=S)nc2)CC1. The Labute approximate surface area is 107 Å². The van der Waals surface area contributed by atoms with E-state index in [1.165, 1.54) is 0 Å². The molecule has 0 unspecified atom stereocenters. The van der Waals surface area contributed by atoms with Gasteiger partial charge in [-0.15, -0.1) is 0 Å². The summed E-state index contributed by atoms with van der Waals surface area (Å²) in [6.45, 7) is 2.17. The van der Waals surface area contributed by atoms with Gasteiger partial charge in [-0.25, -0.2) is 4.98 Å². The smallest absolute Gasteiger partial charge is 0.138 e. The van der Waals surface area contributed by atoms with Gasteiger partial charge in [0.1, 0.15) is 16.8 Å². The average Bonchev–Trinajstić information content (AvgIpc) is 2.33. The van der Waals surface area contributed by atoms with Gasteiger partial charge in [-0.2, -0.15) is 0 Å². The molecule has 2 rings (SSSR count). The third-order valence-corrected chi connectivity index (χ3v) is 3.17. The summed E-state index contributed by atoms with van der Waals surface area (Å²) >= 11 is 4.85. The zero-order chi connectivity index (χ0) is 12.3. The van der Waals surface area contributed by atoms with Crippen molar-refractivity contribution in [3.63, 3.8) is 0 Å². The van der Waals surface area contributed by atoms with E-state index < -0.39 is 0 Å². The van der Waals surface area contributed by atoms with Crippen LogP contribution in [0.1, 0.15) is 18.5 Å². The van der Waals surface area contributed by atoms with Crippen LogP contribution in [0.5, 0.6) is 5.75 Å². The summed E-state index contributed by atoms with van der Waals surface area (Å²) in [5, 5.41) is 0. The molecule has 0 aromatic carbocycles. The molecule has 0 bridgehead atoms. The number of thiocarbonyl (C=S) groups is 1. The number of nitrogens with zero attached hydrogens (tertiary/aromatic N) is 2. The standard InChI is InChI=1S/C12H17N3OS/c1-15-6-4-9(5-7-15)16-10-2-3-11(12(13)17)14-8-10/h2-3,8-9H,4-7H2,1H3,(H2,13,17). The number of likely N-dealkylation sites (tertiary alicyclic amines) is 1. The zero-order valence-corrected chi connectivity index (χ0v) is 10.7. The number of hydrogen-bond donors (Lipinski definition) is 1. The van der Waals surface area contributed by atoms with Gasteiger partial charge in [0.2, 0.25) is 0 Å². The topological polar surface area (TPSA) is 51.4 Å². The molecule has 0 amide bonds. The molecule has 0 saturated carbocycles. The quantitative estimate of drug-likeness (QED) is 0.818. The molecule has 1 aromatic rings. The van der Waals surface area contributed by atoms with Crippen molar-refractivity contribution in [2.45, 2.75) is 18.9 Å². The minimum absolute atomic E-state index is 0.295. The first-order chi connectivity index (χ1) is 8.15. The van der Waals surface area contributed by atoms with Crippen LogP contribution in [-0.4, -0.2) is 41.1 Å². The molecule has 1 fully saturated rings. The van der Waals surface area contributed by atoms with Gasteiger partial charge in [0.15, 0.2) is 0 Å². The van der Waals surface area contributed by atoms with Gasteiger partial charge in [0.25, 0.3) is 0 Å². The number of ether oxygens (including phenoxy) is 1. The van der Waals surface area contributed by atoms with E-state index in [1.54, 1.807) is 12.3 Å². The highest BCUT2D eigenvalue weighted by Crippen LogP contribution is 2.17. The second-order valence-electron chi connectivity index (χ2n) is 4.36. The fraction of sp³-hybridized carbons (Fsp3) is 0.500. The molecular weight excluding hydrogens is 234 g/mol. The van der Waals surface area contributed by atoms with Crippen LogP contribution in [0.3, 0.4) is 0 Å². The molecule has 0 aliphatic carbocycles. The maximum atomic E-state index is 5.87. The molecule has 1 aliphatic rings. The van der Waals surface area contributed by atoms with E-state index in [1.807, 2.05) is 6.07 Å². The van der Waals surface area contributed by atoms with Crippen molar-refractivity contribution in [3.05, 3.63) is 24.0 Å². The van der Waals surface area contributed by atoms with E-state index in [0.717, 1.165) is 31.7 Å². The molecule has 2 heterocycles. The van der Waals surface area contributed by atoms with Gasteiger partial charge in [0.05, 0.1) is 11.9 Å². The Balaban J connectivity index is 1.92. The van der Waals surface area contributed by atoms with Crippen LogP contribution in [0, 0.1) is 0 Å². The van der Waals surface area contributed by atoms with Crippen LogP contribution in [0.2, 0.25) is 0 Å². The highest BCUT2D eigenvalue weighted by atomic mass is 32.1. The van der Waals surface area contributed by atoms with Crippen LogP contribution in [0.4, 0.5) is 0 Å². The molecule has 1 aromatic heterocycles. The van der Waals surface area contributed by atoms with E-state index >= 15 is 0 Å². The number of pyridine rings is 1.